The third-order valence-corrected chi connectivity index (χ3v) is 1.95. The van der Waals surface area contributed by atoms with Crippen LogP contribution >= 0.6 is 12.4 Å². The molecule has 0 radical (unpaired) electrons. The molecular weight excluding hydrogens is 138 g/mol. The largest absolute Gasteiger partial charge is 0.396 e. The number of halogens is 1. The van der Waals surface area contributed by atoms with Crippen molar-refractivity contribution < 1.29 is 5.11 Å². The van der Waals surface area contributed by atoms with Crippen molar-refractivity contribution in [1.82, 2.24) is 0 Å². The lowest BCUT2D eigenvalue weighted by molar-refractivity contribution is 0.218. The van der Waals surface area contributed by atoms with E-state index in [2.05, 4.69) is 0 Å². The molecule has 0 amide bonds. The van der Waals surface area contributed by atoms with Crippen LogP contribution in [-0.2, 0) is 0 Å². The maximum atomic E-state index is 8.66. The van der Waals surface area contributed by atoms with Crippen molar-refractivity contribution in [2.75, 3.05) is 6.61 Å². The van der Waals surface area contributed by atoms with Gasteiger partial charge >= 0.3 is 0 Å². The predicted molar refractivity (Wildman–Crippen MR) is 39.7 cm³/mol. The Balaban J connectivity index is 0.000000640. The number of aliphatic hydroxyl groups excluding tert-OH is 1. The summed E-state index contributed by atoms with van der Waals surface area (Å²) in [7, 11) is 0. The van der Waals surface area contributed by atoms with Crippen LogP contribution < -0.4 is 5.73 Å². The van der Waals surface area contributed by atoms with E-state index in [1.54, 1.807) is 0 Å². The van der Waals surface area contributed by atoms with E-state index in [9.17, 15) is 0 Å². The highest BCUT2D eigenvalue weighted by Crippen LogP contribution is 2.22. The van der Waals surface area contributed by atoms with Crippen molar-refractivity contribution >= 4 is 12.4 Å². The van der Waals surface area contributed by atoms with Gasteiger partial charge in [-0.05, 0) is 18.8 Å². The van der Waals surface area contributed by atoms with E-state index in [-0.39, 0.29) is 25.1 Å². The molecular formula is C6H14ClNO. The zero-order chi connectivity index (χ0) is 5.98. The fourth-order valence-corrected chi connectivity index (χ4v) is 1.29. The number of aliphatic hydroxyl groups is 1. The first-order chi connectivity index (χ1) is 3.84. The summed E-state index contributed by atoms with van der Waals surface area (Å²) in [6.45, 7) is 0.279. The molecule has 3 heteroatoms. The van der Waals surface area contributed by atoms with Crippen LogP contribution in [0.3, 0.4) is 0 Å². The van der Waals surface area contributed by atoms with Gasteiger partial charge in [-0.25, -0.2) is 0 Å². The molecule has 1 aliphatic carbocycles. The molecule has 0 aromatic carbocycles. The van der Waals surface area contributed by atoms with Gasteiger partial charge in [0.25, 0.3) is 0 Å². The van der Waals surface area contributed by atoms with Crippen LogP contribution in [0.4, 0.5) is 0 Å². The molecule has 0 bridgehead atoms. The Morgan fingerprint density at radius 1 is 1.44 bits per heavy atom. The third-order valence-electron chi connectivity index (χ3n) is 1.95. The van der Waals surface area contributed by atoms with Gasteiger partial charge in [0, 0.05) is 12.6 Å². The molecule has 2 atom stereocenters. The Labute approximate surface area is 61.8 Å². The van der Waals surface area contributed by atoms with E-state index < -0.39 is 0 Å². The van der Waals surface area contributed by atoms with Gasteiger partial charge < -0.3 is 10.8 Å². The lowest BCUT2D eigenvalue weighted by atomic mass is 10.1. The highest BCUT2D eigenvalue weighted by molar-refractivity contribution is 5.85. The van der Waals surface area contributed by atoms with Crippen LogP contribution in [0.5, 0.6) is 0 Å². The van der Waals surface area contributed by atoms with Crippen LogP contribution in [0.15, 0.2) is 0 Å². The summed E-state index contributed by atoms with van der Waals surface area (Å²) in [5, 5.41) is 8.66. The molecule has 1 aliphatic rings. The van der Waals surface area contributed by atoms with Crippen molar-refractivity contribution in [3.63, 3.8) is 0 Å². The van der Waals surface area contributed by atoms with Crippen LogP contribution in [0.2, 0.25) is 0 Å². The van der Waals surface area contributed by atoms with E-state index in [4.69, 9.17) is 10.8 Å². The molecule has 2 nitrogen and oxygen atoms in total. The lowest BCUT2D eigenvalue weighted by Crippen LogP contribution is -2.26. The van der Waals surface area contributed by atoms with Crippen LogP contribution in [-0.4, -0.2) is 17.8 Å². The summed E-state index contributed by atoms with van der Waals surface area (Å²) in [6, 6.07) is 0.278. The lowest BCUT2D eigenvalue weighted by Gasteiger charge is -2.09. The summed E-state index contributed by atoms with van der Waals surface area (Å²) in [5.74, 6) is 0.398. The Bertz CT molecular complexity index is 79.5. The molecule has 0 spiro atoms. The van der Waals surface area contributed by atoms with Crippen molar-refractivity contribution in [3.8, 4) is 0 Å². The SMILES string of the molecule is Cl.N[C@H]1CCC[C@@H]1CO. The molecule has 0 saturated heterocycles. The van der Waals surface area contributed by atoms with E-state index in [1.165, 1.54) is 6.42 Å². The maximum Gasteiger partial charge on any atom is 0.0474 e. The van der Waals surface area contributed by atoms with Gasteiger partial charge in [0.2, 0.25) is 0 Å². The van der Waals surface area contributed by atoms with Crippen molar-refractivity contribution in [1.29, 1.82) is 0 Å². The average molecular weight is 152 g/mol. The first-order valence-corrected chi connectivity index (χ1v) is 3.21. The number of rotatable bonds is 1. The van der Waals surface area contributed by atoms with E-state index >= 15 is 0 Å². The average Bonchev–Trinajstić information content (AvgIpc) is 2.14. The Morgan fingerprint density at radius 2 is 2.11 bits per heavy atom. The van der Waals surface area contributed by atoms with Crippen molar-refractivity contribution in [2.24, 2.45) is 11.7 Å². The molecule has 0 unspecified atom stereocenters. The van der Waals surface area contributed by atoms with Crippen LogP contribution in [0.25, 0.3) is 0 Å². The molecule has 3 N–H and O–H groups in total. The smallest absolute Gasteiger partial charge is 0.0474 e. The fraction of sp³-hybridized carbons (Fsp3) is 1.00. The second-order valence-corrected chi connectivity index (χ2v) is 2.54. The van der Waals surface area contributed by atoms with Gasteiger partial charge in [-0.15, -0.1) is 12.4 Å². The first-order valence-electron chi connectivity index (χ1n) is 3.21. The minimum atomic E-state index is 0. The summed E-state index contributed by atoms with van der Waals surface area (Å²) in [5.41, 5.74) is 5.63. The highest BCUT2D eigenvalue weighted by Gasteiger charge is 2.22. The van der Waals surface area contributed by atoms with Crippen molar-refractivity contribution in [2.45, 2.75) is 25.3 Å². The van der Waals surface area contributed by atoms with Gasteiger partial charge in [0.15, 0.2) is 0 Å². The summed E-state index contributed by atoms with van der Waals surface area (Å²) in [4.78, 5) is 0. The summed E-state index contributed by atoms with van der Waals surface area (Å²) < 4.78 is 0. The highest BCUT2D eigenvalue weighted by atomic mass is 35.5. The third kappa shape index (κ3) is 2.12. The Kier molecular flexibility index (Phi) is 4.19. The van der Waals surface area contributed by atoms with Gasteiger partial charge in [-0.3, -0.25) is 0 Å². The van der Waals surface area contributed by atoms with Gasteiger partial charge in [0.05, 0.1) is 0 Å². The second-order valence-electron chi connectivity index (χ2n) is 2.54. The molecule has 1 rings (SSSR count). The Morgan fingerprint density at radius 3 is 2.33 bits per heavy atom. The molecule has 9 heavy (non-hydrogen) atoms. The topological polar surface area (TPSA) is 46.2 Å². The van der Waals surface area contributed by atoms with E-state index in [0.717, 1.165) is 12.8 Å². The zero-order valence-corrected chi connectivity index (χ0v) is 6.23. The van der Waals surface area contributed by atoms with E-state index in [1.807, 2.05) is 0 Å². The van der Waals surface area contributed by atoms with Gasteiger partial charge in [-0.2, -0.15) is 0 Å². The minimum absolute atomic E-state index is 0. The molecule has 0 aromatic heterocycles. The quantitative estimate of drug-likeness (QED) is 0.575. The summed E-state index contributed by atoms with van der Waals surface area (Å²) in [6.07, 6.45) is 3.43. The molecule has 0 aliphatic heterocycles. The van der Waals surface area contributed by atoms with Crippen LogP contribution in [0.1, 0.15) is 19.3 Å². The number of hydrogen-bond donors (Lipinski definition) is 2. The standard InChI is InChI=1S/C6H13NO.ClH/c7-6-3-1-2-5(6)4-8;/h5-6,8H,1-4,7H2;1H/t5-,6+;/m1./s1. The molecule has 56 valence electrons. The monoisotopic (exact) mass is 151 g/mol. The normalized spacial score (nSPS) is 34.0. The van der Waals surface area contributed by atoms with E-state index in [0.29, 0.717) is 5.92 Å². The first kappa shape index (κ1) is 9.21. The Hall–Kier alpha value is 0.210. The molecule has 1 saturated carbocycles. The molecule has 0 heterocycles. The molecule has 0 aromatic rings. The second kappa shape index (κ2) is 4.09. The van der Waals surface area contributed by atoms with Crippen molar-refractivity contribution in [3.05, 3.63) is 0 Å². The molecule has 1 fully saturated rings. The predicted octanol–water partition coefficient (Wildman–Crippen LogP) is 0.528. The van der Waals surface area contributed by atoms with Crippen LogP contribution in [0, 0.1) is 5.92 Å². The maximum absolute atomic E-state index is 8.66. The summed E-state index contributed by atoms with van der Waals surface area (Å²) >= 11 is 0. The van der Waals surface area contributed by atoms with Gasteiger partial charge in [-0.1, -0.05) is 6.42 Å². The number of hydrogen-bond acceptors (Lipinski definition) is 2. The fourth-order valence-electron chi connectivity index (χ4n) is 1.29. The number of nitrogens with two attached hydrogens (primary N) is 1. The minimum Gasteiger partial charge on any atom is -0.396 e. The zero-order valence-electron chi connectivity index (χ0n) is 5.42. The van der Waals surface area contributed by atoms with Gasteiger partial charge in [0.1, 0.15) is 0 Å².